The molecule has 0 heterocycles. The Kier molecular flexibility index (Phi) is 12.2. The zero-order chi connectivity index (χ0) is 27.7. The van der Waals surface area contributed by atoms with Crippen LogP contribution in [0.1, 0.15) is 23.1 Å². The Balaban J connectivity index is 1.59. The van der Waals surface area contributed by atoms with Crippen LogP contribution in [0.15, 0.2) is 91.0 Å². The largest absolute Gasteiger partial charge is 0.364 e. The van der Waals surface area contributed by atoms with Gasteiger partial charge in [0.1, 0.15) is 19.8 Å². The topological polar surface area (TPSA) is 47.9 Å². The summed E-state index contributed by atoms with van der Waals surface area (Å²) >= 11 is 0. The summed E-state index contributed by atoms with van der Waals surface area (Å²) in [6.45, 7) is 0.507. The number of hydrogen-bond donors (Lipinski definition) is 1. The van der Waals surface area contributed by atoms with Gasteiger partial charge in [0, 0.05) is 0 Å². The van der Waals surface area contributed by atoms with E-state index in [0.29, 0.717) is 6.61 Å². The maximum absolute atomic E-state index is 15.1. The molecule has 0 atom stereocenters. The standard InChI is InChI=1S/C33H30F2O4/c34-33(35,22-10-11-23-37-26-29-14-4-1-5-15-29)32(36,20-12-24-38-27-30-16-6-2-7-17-30)21-13-25-39-28-31-18-8-3-9-19-31/h1-9,14-19,36H,22-28H2. The lowest BCUT2D eigenvalue weighted by atomic mass is 9.94. The highest BCUT2D eigenvalue weighted by molar-refractivity contribution is 5.35. The molecular weight excluding hydrogens is 498 g/mol. The van der Waals surface area contributed by atoms with Crippen LogP contribution >= 0.6 is 0 Å². The van der Waals surface area contributed by atoms with Crippen molar-refractivity contribution in [3.8, 4) is 35.5 Å². The van der Waals surface area contributed by atoms with Gasteiger partial charge in [-0.2, -0.15) is 0 Å². The fourth-order valence-electron chi connectivity index (χ4n) is 3.28. The Hall–Kier alpha value is -3.96. The molecule has 200 valence electrons. The van der Waals surface area contributed by atoms with Gasteiger partial charge in [0.25, 0.3) is 5.60 Å². The molecule has 0 aliphatic heterocycles. The first kappa shape index (κ1) is 29.6. The molecule has 0 unspecified atom stereocenters. The van der Waals surface area contributed by atoms with Crippen LogP contribution in [0.2, 0.25) is 0 Å². The first-order valence-electron chi connectivity index (χ1n) is 12.4. The van der Waals surface area contributed by atoms with Crippen molar-refractivity contribution < 1.29 is 28.1 Å². The number of halogens is 2. The van der Waals surface area contributed by atoms with Gasteiger partial charge in [-0.15, -0.1) is 0 Å². The second-order valence-electron chi connectivity index (χ2n) is 8.48. The monoisotopic (exact) mass is 528 g/mol. The molecule has 0 aliphatic carbocycles. The number of benzene rings is 3. The molecule has 0 fully saturated rings. The molecule has 6 heteroatoms. The number of hydrogen-bond acceptors (Lipinski definition) is 4. The highest BCUT2D eigenvalue weighted by Crippen LogP contribution is 2.31. The summed E-state index contributed by atoms with van der Waals surface area (Å²) in [6.07, 6.45) is -0.947. The molecule has 39 heavy (non-hydrogen) atoms. The van der Waals surface area contributed by atoms with Gasteiger partial charge in [0.2, 0.25) is 0 Å². The summed E-state index contributed by atoms with van der Waals surface area (Å²) in [6, 6.07) is 28.2. The maximum Gasteiger partial charge on any atom is 0.309 e. The second kappa shape index (κ2) is 16.1. The molecule has 0 saturated heterocycles. The fourth-order valence-corrected chi connectivity index (χ4v) is 3.28. The predicted octanol–water partition coefficient (Wildman–Crippen LogP) is 5.40. The summed E-state index contributed by atoms with van der Waals surface area (Å²) in [4.78, 5) is 0. The van der Waals surface area contributed by atoms with Crippen LogP contribution < -0.4 is 0 Å². The van der Waals surface area contributed by atoms with E-state index < -0.39 is 17.9 Å². The van der Waals surface area contributed by atoms with Crippen molar-refractivity contribution in [2.45, 2.75) is 37.8 Å². The summed E-state index contributed by atoms with van der Waals surface area (Å²) in [5.41, 5.74) is -0.146. The summed E-state index contributed by atoms with van der Waals surface area (Å²) < 4.78 is 46.5. The minimum atomic E-state index is -3.74. The Morgan fingerprint density at radius 1 is 0.538 bits per heavy atom. The van der Waals surface area contributed by atoms with Crippen LogP contribution in [-0.2, 0) is 34.0 Å². The molecule has 0 aromatic heterocycles. The third-order valence-electron chi connectivity index (χ3n) is 5.36. The van der Waals surface area contributed by atoms with E-state index in [1.54, 1.807) is 0 Å². The van der Waals surface area contributed by atoms with E-state index in [0.717, 1.165) is 16.7 Å². The van der Waals surface area contributed by atoms with Gasteiger partial charge in [-0.05, 0) is 28.5 Å². The quantitative estimate of drug-likeness (QED) is 0.267. The van der Waals surface area contributed by atoms with Crippen molar-refractivity contribution in [3.63, 3.8) is 0 Å². The third-order valence-corrected chi connectivity index (χ3v) is 5.36. The molecular formula is C33H30F2O4. The average molecular weight is 529 g/mol. The minimum absolute atomic E-state index is 0.0264. The van der Waals surface area contributed by atoms with E-state index >= 15 is 8.78 Å². The fraction of sp³-hybridized carbons (Fsp3) is 0.273. The zero-order valence-electron chi connectivity index (χ0n) is 21.5. The molecule has 3 aromatic carbocycles. The maximum atomic E-state index is 15.1. The van der Waals surface area contributed by atoms with Gasteiger partial charge in [0.15, 0.2) is 0 Å². The van der Waals surface area contributed by atoms with Crippen LogP contribution in [0.5, 0.6) is 0 Å². The van der Waals surface area contributed by atoms with Gasteiger partial charge in [0.05, 0.1) is 26.2 Å². The minimum Gasteiger partial charge on any atom is -0.364 e. The SMILES string of the molecule is OC(C#CCOCc1ccccc1)(C#CCOCc1ccccc1)C(F)(F)CC#CCOCc1ccccc1. The van der Waals surface area contributed by atoms with Crippen LogP contribution in [0.4, 0.5) is 8.78 Å². The summed E-state index contributed by atoms with van der Waals surface area (Å²) in [5, 5.41) is 10.8. The Bertz CT molecular complexity index is 1250. The first-order valence-corrected chi connectivity index (χ1v) is 12.4. The van der Waals surface area contributed by atoms with Crippen molar-refractivity contribution in [2.24, 2.45) is 0 Å². The normalized spacial score (nSPS) is 10.8. The molecule has 0 saturated carbocycles. The first-order chi connectivity index (χ1) is 19.0. The van der Waals surface area contributed by atoms with Crippen LogP contribution in [0.25, 0.3) is 0 Å². The molecule has 0 amide bonds. The van der Waals surface area contributed by atoms with E-state index in [2.05, 4.69) is 35.5 Å². The lowest BCUT2D eigenvalue weighted by molar-refractivity contribution is -0.114. The number of rotatable bonds is 11. The van der Waals surface area contributed by atoms with Gasteiger partial charge < -0.3 is 19.3 Å². The van der Waals surface area contributed by atoms with E-state index in [4.69, 9.17) is 14.2 Å². The zero-order valence-corrected chi connectivity index (χ0v) is 21.5. The molecule has 4 nitrogen and oxygen atoms in total. The number of aliphatic hydroxyl groups is 1. The van der Waals surface area contributed by atoms with E-state index in [9.17, 15) is 5.11 Å². The van der Waals surface area contributed by atoms with Crippen molar-refractivity contribution in [3.05, 3.63) is 108 Å². The molecule has 0 spiro atoms. The van der Waals surface area contributed by atoms with E-state index in [-0.39, 0.29) is 33.0 Å². The molecule has 3 rings (SSSR count). The average Bonchev–Trinajstić information content (AvgIpc) is 2.96. The van der Waals surface area contributed by atoms with Crippen LogP contribution in [0, 0.1) is 35.5 Å². The Labute approximate surface area is 228 Å². The third kappa shape index (κ3) is 10.7. The van der Waals surface area contributed by atoms with Crippen LogP contribution in [-0.4, -0.2) is 36.5 Å². The highest BCUT2D eigenvalue weighted by atomic mass is 19.3. The molecule has 0 radical (unpaired) electrons. The summed E-state index contributed by atoms with van der Waals surface area (Å²) in [5.74, 6) is 10.6. The Morgan fingerprint density at radius 2 is 0.897 bits per heavy atom. The Morgan fingerprint density at radius 3 is 1.28 bits per heavy atom. The van der Waals surface area contributed by atoms with E-state index in [1.165, 1.54) is 0 Å². The lowest BCUT2D eigenvalue weighted by Crippen LogP contribution is -2.46. The van der Waals surface area contributed by atoms with Gasteiger partial charge in [-0.1, -0.05) is 115 Å². The molecule has 1 N–H and O–H groups in total. The molecule has 0 bridgehead atoms. The number of alkyl halides is 2. The lowest BCUT2D eigenvalue weighted by Gasteiger charge is -2.25. The van der Waals surface area contributed by atoms with Gasteiger partial charge in [-0.3, -0.25) is 0 Å². The van der Waals surface area contributed by atoms with Gasteiger partial charge in [-0.25, -0.2) is 8.78 Å². The van der Waals surface area contributed by atoms with Gasteiger partial charge >= 0.3 is 5.92 Å². The highest BCUT2D eigenvalue weighted by Gasteiger charge is 2.50. The van der Waals surface area contributed by atoms with Crippen LogP contribution in [0.3, 0.4) is 0 Å². The predicted molar refractivity (Wildman–Crippen MR) is 146 cm³/mol. The summed E-state index contributed by atoms with van der Waals surface area (Å²) in [7, 11) is 0. The second-order valence-corrected chi connectivity index (χ2v) is 8.48. The van der Waals surface area contributed by atoms with E-state index in [1.807, 2.05) is 91.0 Å². The molecule has 0 aliphatic rings. The molecule has 3 aromatic rings. The van der Waals surface area contributed by atoms with Crippen molar-refractivity contribution >= 4 is 0 Å². The smallest absolute Gasteiger partial charge is 0.309 e. The van der Waals surface area contributed by atoms with Crippen molar-refractivity contribution in [2.75, 3.05) is 19.8 Å². The number of ether oxygens (including phenoxy) is 3. The van der Waals surface area contributed by atoms with Crippen molar-refractivity contribution in [1.82, 2.24) is 0 Å². The van der Waals surface area contributed by atoms with Crippen molar-refractivity contribution in [1.29, 1.82) is 0 Å².